The van der Waals surface area contributed by atoms with E-state index in [2.05, 4.69) is 4.90 Å². The van der Waals surface area contributed by atoms with E-state index in [1.807, 2.05) is 24.3 Å². The van der Waals surface area contributed by atoms with E-state index in [0.29, 0.717) is 38.3 Å². The van der Waals surface area contributed by atoms with Gasteiger partial charge in [-0.15, -0.1) is 0 Å². The summed E-state index contributed by atoms with van der Waals surface area (Å²) in [6.07, 6.45) is 0. The summed E-state index contributed by atoms with van der Waals surface area (Å²) in [6, 6.07) is 13.8. The van der Waals surface area contributed by atoms with E-state index < -0.39 is 10.0 Å². The Morgan fingerprint density at radius 3 is 2.43 bits per heavy atom. The van der Waals surface area contributed by atoms with Crippen LogP contribution in [0.25, 0.3) is 0 Å². The highest BCUT2D eigenvalue weighted by atomic mass is 32.2. The molecule has 0 amide bonds. The fraction of sp³-hybridized carbons (Fsp3) is 0.350. The van der Waals surface area contributed by atoms with Gasteiger partial charge in [-0.05, 0) is 36.4 Å². The predicted octanol–water partition coefficient (Wildman–Crippen LogP) is 2.08. The van der Waals surface area contributed by atoms with Crippen molar-refractivity contribution < 1.29 is 17.9 Å². The van der Waals surface area contributed by atoms with Crippen LogP contribution in [-0.4, -0.2) is 58.0 Å². The zero-order chi connectivity index (χ0) is 20.1. The normalized spacial score (nSPS) is 15.8. The van der Waals surface area contributed by atoms with Gasteiger partial charge in [-0.1, -0.05) is 6.07 Å². The van der Waals surface area contributed by atoms with Crippen LogP contribution in [0.5, 0.6) is 11.5 Å². The highest BCUT2D eigenvalue weighted by Gasteiger charge is 2.29. The Balaban J connectivity index is 1.68. The van der Waals surface area contributed by atoms with Gasteiger partial charge in [-0.2, -0.15) is 9.57 Å². The number of piperazine rings is 1. The molecule has 0 spiro atoms. The van der Waals surface area contributed by atoms with Gasteiger partial charge in [0.05, 0.1) is 30.7 Å². The lowest BCUT2D eigenvalue weighted by molar-refractivity contribution is 0.180. The van der Waals surface area contributed by atoms with E-state index >= 15 is 0 Å². The van der Waals surface area contributed by atoms with Gasteiger partial charge in [-0.3, -0.25) is 4.90 Å². The molecular formula is C20H23N3O4S. The summed E-state index contributed by atoms with van der Waals surface area (Å²) in [5.74, 6) is 1.54. The molecule has 2 aromatic carbocycles. The lowest BCUT2D eigenvalue weighted by Gasteiger charge is -2.34. The zero-order valence-corrected chi connectivity index (χ0v) is 16.8. The van der Waals surface area contributed by atoms with E-state index in [1.165, 1.54) is 16.4 Å². The van der Waals surface area contributed by atoms with Crippen LogP contribution in [0, 0.1) is 11.3 Å². The Bertz CT molecular complexity index is 977. The van der Waals surface area contributed by atoms with Gasteiger partial charge in [-0.25, -0.2) is 8.42 Å². The van der Waals surface area contributed by atoms with Gasteiger partial charge in [0, 0.05) is 38.3 Å². The van der Waals surface area contributed by atoms with Crippen LogP contribution in [0.3, 0.4) is 0 Å². The van der Waals surface area contributed by atoms with Crippen molar-refractivity contribution in [3.05, 3.63) is 53.6 Å². The maximum atomic E-state index is 12.9. The first-order valence-electron chi connectivity index (χ1n) is 8.91. The molecule has 0 atom stereocenters. The third-order valence-electron chi connectivity index (χ3n) is 4.81. The summed E-state index contributed by atoms with van der Waals surface area (Å²) in [6.45, 7) is 2.66. The molecular weight excluding hydrogens is 378 g/mol. The third-order valence-corrected chi connectivity index (χ3v) is 6.71. The van der Waals surface area contributed by atoms with Gasteiger partial charge >= 0.3 is 0 Å². The molecule has 1 fully saturated rings. The highest BCUT2D eigenvalue weighted by molar-refractivity contribution is 7.89. The molecule has 0 aromatic heterocycles. The van der Waals surface area contributed by atoms with Crippen LogP contribution in [-0.2, 0) is 16.6 Å². The van der Waals surface area contributed by atoms with Gasteiger partial charge in [0.15, 0.2) is 0 Å². The number of methoxy groups -OCH3 is 2. The first kappa shape index (κ1) is 20.1. The van der Waals surface area contributed by atoms with Gasteiger partial charge in [0.25, 0.3) is 0 Å². The fourth-order valence-electron chi connectivity index (χ4n) is 3.25. The minimum Gasteiger partial charge on any atom is -0.497 e. The molecule has 3 rings (SSSR count). The number of hydrogen-bond donors (Lipinski definition) is 0. The molecule has 0 aliphatic carbocycles. The number of benzene rings is 2. The fourth-order valence-corrected chi connectivity index (χ4v) is 4.72. The Morgan fingerprint density at radius 1 is 1.04 bits per heavy atom. The number of nitriles is 1. The molecule has 2 aromatic rings. The third kappa shape index (κ3) is 4.28. The molecule has 7 nitrogen and oxygen atoms in total. The quantitative estimate of drug-likeness (QED) is 0.737. The van der Waals surface area contributed by atoms with Crippen LogP contribution in [0.1, 0.15) is 11.1 Å². The Hall–Kier alpha value is -2.60. The van der Waals surface area contributed by atoms with Crippen molar-refractivity contribution >= 4 is 10.0 Å². The van der Waals surface area contributed by atoms with E-state index in [1.54, 1.807) is 26.4 Å². The van der Waals surface area contributed by atoms with Gasteiger partial charge in [0.2, 0.25) is 10.0 Å². The predicted molar refractivity (Wildman–Crippen MR) is 105 cm³/mol. The lowest BCUT2D eigenvalue weighted by Crippen LogP contribution is -2.48. The van der Waals surface area contributed by atoms with Crippen molar-refractivity contribution in [2.24, 2.45) is 0 Å². The molecule has 0 saturated carbocycles. The summed E-state index contributed by atoms with van der Waals surface area (Å²) in [4.78, 5) is 2.35. The Labute approximate surface area is 165 Å². The van der Waals surface area contributed by atoms with Crippen molar-refractivity contribution in [2.45, 2.75) is 11.4 Å². The van der Waals surface area contributed by atoms with E-state index in [-0.39, 0.29) is 4.90 Å². The van der Waals surface area contributed by atoms with E-state index in [9.17, 15) is 8.42 Å². The Kier molecular flexibility index (Phi) is 6.19. The highest BCUT2D eigenvalue weighted by Crippen LogP contribution is 2.26. The van der Waals surface area contributed by atoms with Gasteiger partial charge < -0.3 is 9.47 Å². The average molecular weight is 401 g/mol. The topological polar surface area (TPSA) is 82.9 Å². The summed E-state index contributed by atoms with van der Waals surface area (Å²) >= 11 is 0. The molecule has 1 aliphatic heterocycles. The van der Waals surface area contributed by atoms with Gasteiger partial charge in [0.1, 0.15) is 11.5 Å². The minimum absolute atomic E-state index is 0.162. The summed E-state index contributed by atoms with van der Waals surface area (Å²) in [7, 11) is -0.352. The molecule has 0 N–H and O–H groups in total. The zero-order valence-electron chi connectivity index (χ0n) is 16.0. The maximum absolute atomic E-state index is 12.9. The Morgan fingerprint density at radius 2 is 1.79 bits per heavy atom. The van der Waals surface area contributed by atoms with Crippen LogP contribution < -0.4 is 9.47 Å². The van der Waals surface area contributed by atoms with Crippen LogP contribution >= 0.6 is 0 Å². The minimum atomic E-state index is -3.60. The second-order valence-corrected chi connectivity index (χ2v) is 8.44. The van der Waals surface area contributed by atoms with Crippen LogP contribution in [0.4, 0.5) is 0 Å². The summed E-state index contributed by atoms with van der Waals surface area (Å²) < 4.78 is 37.9. The molecule has 28 heavy (non-hydrogen) atoms. The lowest BCUT2D eigenvalue weighted by atomic mass is 10.1. The smallest absolute Gasteiger partial charge is 0.243 e. The SMILES string of the molecule is COc1ccc(OC)c(CN2CCN(S(=O)(=O)c3cccc(C#N)c3)CC2)c1. The first-order chi connectivity index (χ1) is 13.5. The molecule has 0 bridgehead atoms. The molecule has 148 valence electrons. The first-order valence-corrected chi connectivity index (χ1v) is 10.4. The average Bonchev–Trinajstić information content (AvgIpc) is 2.74. The molecule has 8 heteroatoms. The van der Waals surface area contributed by atoms with Crippen LogP contribution in [0.15, 0.2) is 47.4 Å². The summed E-state index contributed by atoms with van der Waals surface area (Å²) in [5, 5.41) is 9.01. The van der Waals surface area contributed by atoms with Crippen molar-refractivity contribution in [3.8, 4) is 17.6 Å². The molecule has 1 aliphatic rings. The second-order valence-electron chi connectivity index (χ2n) is 6.50. The number of ether oxygens (including phenoxy) is 2. The van der Waals surface area contributed by atoms with E-state index in [4.69, 9.17) is 14.7 Å². The second kappa shape index (κ2) is 8.61. The summed E-state index contributed by atoms with van der Waals surface area (Å²) in [5.41, 5.74) is 1.34. The largest absolute Gasteiger partial charge is 0.497 e. The standard InChI is InChI=1S/C20H23N3O4S/c1-26-18-6-7-20(27-2)17(13-18)15-22-8-10-23(11-9-22)28(24,25)19-5-3-4-16(12-19)14-21/h3-7,12-13H,8-11,15H2,1-2H3. The molecule has 0 radical (unpaired) electrons. The maximum Gasteiger partial charge on any atom is 0.243 e. The van der Waals surface area contributed by atoms with Crippen molar-refractivity contribution in [2.75, 3.05) is 40.4 Å². The number of hydrogen-bond acceptors (Lipinski definition) is 6. The van der Waals surface area contributed by atoms with Crippen molar-refractivity contribution in [3.63, 3.8) is 0 Å². The van der Waals surface area contributed by atoms with Crippen molar-refractivity contribution in [1.29, 1.82) is 5.26 Å². The monoisotopic (exact) mass is 401 g/mol. The molecule has 1 heterocycles. The number of rotatable bonds is 6. The number of nitrogens with zero attached hydrogens (tertiary/aromatic N) is 3. The van der Waals surface area contributed by atoms with E-state index in [0.717, 1.165) is 17.1 Å². The molecule has 0 unspecified atom stereocenters. The molecule has 1 saturated heterocycles. The van der Waals surface area contributed by atoms with Crippen molar-refractivity contribution in [1.82, 2.24) is 9.21 Å². The van der Waals surface area contributed by atoms with Crippen LogP contribution in [0.2, 0.25) is 0 Å². The number of sulfonamides is 1.